The molecule has 2 aliphatic carbocycles. The van der Waals surface area contributed by atoms with Crippen molar-refractivity contribution in [3.8, 4) is 0 Å². The third kappa shape index (κ3) is 1.56. The van der Waals surface area contributed by atoms with E-state index in [1.54, 1.807) is 0 Å². The van der Waals surface area contributed by atoms with Crippen LogP contribution in [0.4, 0.5) is 0 Å². The van der Waals surface area contributed by atoms with Gasteiger partial charge in [-0.25, -0.2) is 0 Å². The predicted octanol–water partition coefficient (Wildman–Crippen LogP) is 3.42. The fraction of sp³-hybridized carbons (Fsp3) is 0.750. The molecule has 72 valence electrons. The average Bonchev–Trinajstić information content (AvgIpc) is 2.63. The zero-order valence-corrected chi connectivity index (χ0v) is 8.88. The first-order chi connectivity index (χ1) is 6.15. The van der Waals surface area contributed by atoms with E-state index in [4.69, 9.17) is 0 Å². The molecule has 2 unspecified atom stereocenters. The van der Waals surface area contributed by atoms with Crippen LogP contribution in [0.1, 0.15) is 40.0 Å². The van der Waals surface area contributed by atoms with Crippen molar-refractivity contribution in [3.63, 3.8) is 0 Å². The Labute approximate surface area is 80.9 Å². The molecule has 1 nitrogen and oxygen atoms in total. The van der Waals surface area contributed by atoms with E-state index in [0.717, 1.165) is 17.3 Å². The van der Waals surface area contributed by atoms with Gasteiger partial charge in [0.25, 0.3) is 0 Å². The number of hydrogen-bond acceptors (Lipinski definition) is 1. The van der Waals surface area contributed by atoms with Crippen LogP contribution in [0.3, 0.4) is 0 Å². The van der Waals surface area contributed by atoms with Crippen molar-refractivity contribution >= 4 is 6.21 Å². The zero-order valence-electron chi connectivity index (χ0n) is 8.88. The maximum absolute atomic E-state index is 4.15. The van der Waals surface area contributed by atoms with Gasteiger partial charge < -0.3 is 0 Å². The lowest BCUT2D eigenvalue weighted by Crippen LogP contribution is -2.23. The van der Waals surface area contributed by atoms with E-state index in [1.807, 2.05) is 19.3 Å². The lowest BCUT2D eigenvalue weighted by molar-refractivity contribution is 0.196. The SMILES string of the molecule is CC=N/C=C(\C)CC1C[C@@]2(C)CC12. The molecule has 2 saturated carbocycles. The number of aliphatic imine (C=N–C) groups is 1. The summed E-state index contributed by atoms with van der Waals surface area (Å²) < 4.78 is 0. The molecule has 2 fully saturated rings. The van der Waals surface area contributed by atoms with Crippen molar-refractivity contribution in [1.82, 2.24) is 0 Å². The van der Waals surface area contributed by atoms with Gasteiger partial charge in [-0.3, -0.25) is 4.99 Å². The summed E-state index contributed by atoms with van der Waals surface area (Å²) in [6.45, 7) is 6.59. The maximum Gasteiger partial charge on any atom is 0.0253 e. The Morgan fingerprint density at radius 3 is 2.77 bits per heavy atom. The molecule has 0 heterocycles. The second-order valence-electron chi connectivity index (χ2n) is 5.02. The van der Waals surface area contributed by atoms with Gasteiger partial charge in [0.05, 0.1) is 0 Å². The van der Waals surface area contributed by atoms with Crippen molar-refractivity contribution in [1.29, 1.82) is 0 Å². The smallest absolute Gasteiger partial charge is 0.0253 e. The van der Waals surface area contributed by atoms with Crippen LogP contribution in [-0.2, 0) is 0 Å². The van der Waals surface area contributed by atoms with Gasteiger partial charge in [0, 0.05) is 12.4 Å². The van der Waals surface area contributed by atoms with Gasteiger partial charge in [0.1, 0.15) is 0 Å². The first-order valence-corrected chi connectivity index (χ1v) is 5.29. The van der Waals surface area contributed by atoms with Gasteiger partial charge in [-0.2, -0.15) is 0 Å². The van der Waals surface area contributed by atoms with E-state index in [-0.39, 0.29) is 0 Å². The molecule has 3 atom stereocenters. The molecule has 0 aliphatic heterocycles. The molecule has 0 radical (unpaired) electrons. The van der Waals surface area contributed by atoms with E-state index < -0.39 is 0 Å². The molecule has 1 heteroatoms. The first-order valence-electron chi connectivity index (χ1n) is 5.29. The number of rotatable bonds is 3. The van der Waals surface area contributed by atoms with Crippen molar-refractivity contribution in [3.05, 3.63) is 11.8 Å². The van der Waals surface area contributed by atoms with Gasteiger partial charge >= 0.3 is 0 Å². The summed E-state index contributed by atoms with van der Waals surface area (Å²) in [5.74, 6) is 2.04. The van der Waals surface area contributed by atoms with Crippen LogP contribution in [-0.4, -0.2) is 6.21 Å². The molecule has 2 rings (SSSR count). The van der Waals surface area contributed by atoms with E-state index in [2.05, 4.69) is 18.8 Å². The number of allylic oxidation sites excluding steroid dienone is 1. The molecule has 0 N–H and O–H groups in total. The van der Waals surface area contributed by atoms with E-state index >= 15 is 0 Å². The second-order valence-corrected chi connectivity index (χ2v) is 5.02. The van der Waals surface area contributed by atoms with Crippen LogP contribution in [0.25, 0.3) is 0 Å². The molecular formula is C12H19N. The molecule has 0 saturated heterocycles. The molecule has 0 aromatic rings. The van der Waals surface area contributed by atoms with Crippen LogP contribution in [0.5, 0.6) is 0 Å². The molecule has 0 aromatic heterocycles. The van der Waals surface area contributed by atoms with Gasteiger partial charge in [-0.05, 0) is 50.4 Å². The van der Waals surface area contributed by atoms with Crippen LogP contribution in [0.2, 0.25) is 0 Å². The minimum Gasteiger partial charge on any atom is -0.269 e. The first kappa shape index (κ1) is 8.98. The molecular weight excluding hydrogens is 158 g/mol. The summed E-state index contributed by atoms with van der Waals surface area (Å²) in [5, 5.41) is 0. The summed E-state index contributed by atoms with van der Waals surface area (Å²) in [6.07, 6.45) is 8.09. The van der Waals surface area contributed by atoms with Crippen LogP contribution >= 0.6 is 0 Å². The van der Waals surface area contributed by atoms with Crippen LogP contribution in [0, 0.1) is 17.3 Å². The molecule has 0 amide bonds. The summed E-state index contributed by atoms with van der Waals surface area (Å²) in [6, 6.07) is 0. The maximum atomic E-state index is 4.15. The number of hydrogen-bond donors (Lipinski definition) is 0. The Balaban J connectivity index is 1.80. The Bertz CT molecular complexity index is 264. The molecule has 0 bridgehead atoms. The largest absolute Gasteiger partial charge is 0.269 e. The average molecular weight is 177 g/mol. The Hall–Kier alpha value is -0.590. The Morgan fingerprint density at radius 1 is 1.54 bits per heavy atom. The number of fused-ring (bicyclic) bond motifs is 1. The third-order valence-corrected chi connectivity index (χ3v) is 3.75. The Kier molecular flexibility index (Phi) is 2.05. The highest BCUT2D eigenvalue weighted by atomic mass is 14.7. The standard InChI is InChI=1S/C12H19N/c1-4-13-8-9(2)5-10-6-12(3)7-11(10)12/h4,8,10-11H,5-7H2,1-3H3/b9-8+,13-4?/t10?,11?,12-/m0/s1. The van der Waals surface area contributed by atoms with Crippen molar-refractivity contribution in [2.45, 2.75) is 40.0 Å². The lowest BCUT2D eigenvalue weighted by atomic mass is 9.73. The lowest BCUT2D eigenvalue weighted by Gasteiger charge is -2.32. The summed E-state index contributed by atoms with van der Waals surface area (Å²) in [4.78, 5) is 4.15. The zero-order chi connectivity index (χ0) is 9.47. The quantitative estimate of drug-likeness (QED) is 0.586. The second kappa shape index (κ2) is 2.97. The molecule has 0 aromatic carbocycles. The fourth-order valence-corrected chi connectivity index (χ4v) is 2.88. The molecule has 2 aliphatic rings. The van der Waals surface area contributed by atoms with E-state index in [0.29, 0.717) is 0 Å². The highest BCUT2D eigenvalue weighted by Crippen LogP contribution is 2.71. The predicted molar refractivity (Wildman–Crippen MR) is 56.9 cm³/mol. The van der Waals surface area contributed by atoms with Crippen molar-refractivity contribution in [2.75, 3.05) is 0 Å². The van der Waals surface area contributed by atoms with Crippen molar-refractivity contribution < 1.29 is 0 Å². The van der Waals surface area contributed by atoms with E-state index in [9.17, 15) is 0 Å². The number of nitrogens with zero attached hydrogens (tertiary/aromatic N) is 1. The Morgan fingerprint density at radius 2 is 2.31 bits per heavy atom. The minimum absolute atomic E-state index is 0.777. The van der Waals surface area contributed by atoms with Gasteiger partial charge in [0.15, 0.2) is 0 Å². The van der Waals surface area contributed by atoms with Gasteiger partial charge in [0.2, 0.25) is 0 Å². The third-order valence-electron chi connectivity index (χ3n) is 3.75. The van der Waals surface area contributed by atoms with Gasteiger partial charge in [-0.15, -0.1) is 0 Å². The minimum atomic E-state index is 0.777. The summed E-state index contributed by atoms with van der Waals surface area (Å²) in [5.41, 5.74) is 2.22. The van der Waals surface area contributed by atoms with Crippen LogP contribution < -0.4 is 0 Å². The fourth-order valence-electron chi connectivity index (χ4n) is 2.88. The topological polar surface area (TPSA) is 12.4 Å². The molecule has 13 heavy (non-hydrogen) atoms. The summed E-state index contributed by atoms with van der Waals surface area (Å²) in [7, 11) is 0. The highest BCUT2D eigenvalue weighted by molar-refractivity contribution is 5.54. The molecule has 0 spiro atoms. The normalized spacial score (nSPS) is 43.2. The summed E-state index contributed by atoms with van der Waals surface area (Å²) >= 11 is 0. The van der Waals surface area contributed by atoms with Gasteiger partial charge in [-0.1, -0.05) is 12.5 Å². The van der Waals surface area contributed by atoms with Crippen LogP contribution in [0.15, 0.2) is 16.8 Å². The van der Waals surface area contributed by atoms with E-state index in [1.165, 1.54) is 24.8 Å². The van der Waals surface area contributed by atoms with Crippen molar-refractivity contribution in [2.24, 2.45) is 22.2 Å². The highest BCUT2D eigenvalue weighted by Gasteiger charge is 2.62. The monoisotopic (exact) mass is 177 g/mol.